The summed E-state index contributed by atoms with van der Waals surface area (Å²) in [5.74, 6) is 1.21. The summed E-state index contributed by atoms with van der Waals surface area (Å²) >= 11 is 0. The first-order chi connectivity index (χ1) is 13.7. The molecule has 2 heterocycles. The summed E-state index contributed by atoms with van der Waals surface area (Å²) in [6, 6.07) is 14.0. The van der Waals surface area contributed by atoms with Gasteiger partial charge < -0.3 is 19.7 Å². The summed E-state index contributed by atoms with van der Waals surface area (Å²) in [6.45, 7) is 1.72. The molecule has 0 aromatic heterocycles. The lowest BCUT2D eigenvalue weighted by molar-refractivity contribution is 0.0300. The Hall–Kier alpha value is -2.60. The van der Waals surface area contributed by atoms with Gasteiger partial charge in [0.1, 0.15) is 18.5 Å². The van der Waals surface area contributed by atoms with E-state index in [0.29, 0.717) is 25.6 Å². The molecule has 0 saturated carbocycles. The maximum atomic E-state index is 13.9. The Morgan fingerprint density at radius 1 is 1.11 bits per heavy atom. The van der Waals surface area contributed by atoms with Gasteiger partial charge >= 0.3 is 0 Å². The molecule has 1 amide bonds. The van der Waals surface area contributed by atoms with Crippen molar-refractivity contribution in [2.45, 2.75) is 25.0 Å². The maximum Gasteiger partial charge on any atom is 0.256 e. The summed E-state index contributed by atoms with van der Waals surface area (Å²) < 4.78 is 26.0. The molecule has 0 aliphatic carbocycles. The first-order valence-corrected chi connectivity index (χ1v) is 9.77. The Balaban J connectivity index is 1.39. The minimum absolute atomic E-state index is 0.0845. The number of amides is 1. The van der Waals surface area contributed by atoms with E-state index < -0.39 is 5.82 Å². The Kier molecular flexibility index (Phi) is 5.48. The molecule has 5 nitrogen and oxygen atoms in total. The summed E-state index contributed by atoms with van der Waals surface area (Å²) in [7, 11) is 1.94. The molecule has 2 atom stereocenters. The highest BCUT2D eigenvalue weighted by atomic mass is 19.1. The van der Waals surface area contributed by atoms with Gasteiger partial charge in [-0.2, -0.15) is 0 Å². The zero-order chi connectivity index (χ0) is 19.5. The van der Waals surface area contributed by atoms with E-state index in [4.69, 9.17) is 9.47 Å². The number of benzene rings is 2. The van der Waals surface area contributed by atoms with E-state index >= 15 is 0 Å². The molecule has 2 aliphatic heterocycles. The number of nitrogens with zero attached hydrogens (tertiary/aromatic N) is 1. The summed E-state index contributed by atoms with van der Waals surface area (Å²) in [5.41, 5.74) is 0.145. The monoisotopic (exact) mass is 384 g/mol. The van der Waals surface area contributed by atoms with Gasteiger partial charge in [-0.1, -0.05) is 24.3 Å². The van der Waals surface area contributed by atoms with Crippen LogP contribution in [0, 0.1) is 11.7 Å². The third kappa shape index (κ3) is 3.69. The first-order valence-electron chi connectivity index (χ1n) is 9.77. The summed E-state index contributed by atoms with van der Waals surface area (Å²) in [4.78, 5) is 14.4. The van der Waals surface area contributed by atoms with Crippen molar-refractivity contribution in [1.82, 2.24) is 10.2 Å². The van der Waals surface area contributed by atoms with Crippen molar-refractivity contribution < 1.29 is 18.7 Å². The first kappa shape index (κ1) is 18.7. The molecule has 2 unspecified atom stereocenters. The van der Waals surface area contributed by atoms with E-state index in [0.717, 1.165) is 24.3 Å². The van der Waals surface area contributed by atoms with Crippen molar-refractivity contribution in [3.05, 3.63) is 59.9 Å². The molecular formula is C22H25FN2O3. The Morgan fingerprint density at radius 2 is 1.79 bits per heavy atom. The molecule has 28 heavy (non-hydrogen) atoms. The molecule has 1 saturated heterocycles. The van der Waals surface area contributed by atoms with Gasteiger partial charge in [0.25, 0.3) is 5.91 Å². The highest BCUT2D eigenvalue weighted by molar-refractivity contribution is 5.94. The topological polar surface area (TPSA) is 50.8 Å². The van der Waals surface area contributed by atoms with E-state index in [2.05, 4.69) is 5.32 Å². The SMILES string of the molecule is CNC(C1CCN(C(=O)c2ccccc2F)CC1)C1COc2ccccc2O1. The number of ether oxygens (including phenoxy) is 2. The Labute approximate surface area is 164 Å². The van der Waals surface area contributed by atoms with Gasteiger partial charge in [-0.3, -0.25) is 4.79 Å². The van der Waals surface area contributed by atoms with Crippen LogP contribution in [0.25, 0.3) is 0 Å². The molecule has 0 radical (unpaired) electrons. The standard InChI is InChI=1S/C22H25FN2O3/c1-24-21(20-14-27-18-8-4-5-9-19(18)28-20)15-10-12-25(13-11-15)22(26)16-6-2-3-7-17(16)23/h2-9,15,20-21,24H,10-14H2,1H3. The van der Waals surface area contributed by atoms with Crippen molar-refractivity contribution in [2.24, 2.45) is 5.92 Å². The number of nitrogens with one attached hydrogen (secondary N) is 1. The van der Waals surface area contributed by atoms with Crippen LogP contribution in [0.2, 0.25) is 0 Å². The number of likely N-dealkylation sites (N-methyl/N-ethyl adjacent to an activating group) is 1. The van der Waals surface area contributed by atoms with Gasteiger partial charge in [0.05, 0.1) is 11.6 Å². The third-order valence-electron chi connectivity index (χ3n) is 5.70. The summed E-state index contributed by atoms with van der Waals surface area (Å²) in [5, 5.41) is 3.39. The van der Waals surface area contributed by atoms with Gasteiger partial charge in [0.2, 0.25) is 0 Å². The fourth-order valence-corrected chi connectivity index (χ4v) is 4.20. The van der Waals surface area contributed by atoms with Gasteiger partial charge in [-0.15, -0.1) is 0 Å². The zero-order valence-corrected chi connectivity index (χ0v) is 15.9. The second-order valence-electron chi connectivity index (χ2n) is 7.34. The molecule has 1 fully saturated rings. The predicted molar refractivity (Wildman–Crippen MR) is 104 cm³/mol. The fraction of sp³-hybridized carbons (Fsp3) is 0.409. The van der Waals surface area contributed by atoms with Gasteiger partial charge in [-0.05, 0) is 50.1 Å². The minimum atomic E-state index is -0.464. The molecule has 148 valence electrons. The average molecular weight is 384 g/mol. The van der Waals surface area contributed by atoms with E-state index in [9.17, 15) is 9.18 Å². The second kappa shape index (κ2) is 8.19. The molecule has 0 spiro atoms. The van der Waals surface area contributed by atoms with Crippen LogP contribution in [-0.4, -0.2) is 49.7 Å². The van der Waals surface area contributed by atoms with E-state index in [1.54, 1.807) is 23.1 Å². The van der Waals surface area contributed by atoms with Crippen molar-refractivity contribution >= 4 is 5.91 Å². The lowest BCUT2D eigenvalue weighted by Crippen LogP contribution is -2.53. The highest BCUT2D eigenvalue weighted by Gasteiger charge is 2.36. The van der Waals surface area contributed by atoms with Gasteiger partial charge in [0.15, 0.2) is 11.5 Å². The van der Waals surface area contributed by atoms with Crippen molar-refractivity contribution in [3.63, 3.8) is 0 Å². The van der Waals surface area contributed by atoms with Crippen LogP contribution < -0.4 is 14.8 Å². The van der Waals surface area contributed by atoms with E-state index in [-0.39, 0.29) is 23.6 Å². The van der Waals surface area contributed by atoms with E-state index in [1.807, 2.05) is 31.3 Å². The number of rotatable bonds is 4. The maximum absolute atomic E-state index is 13.9. The van der Waals surface area contributed by atoms with Crippen molar-refractivity contribution in [1.29, 1.82) is 0 Å². The molecule has 2 aromatic carbocycles. The fourth-order valence-electron chi connectivity index (χ4n) is 4.20. The van der Waals surface area contributed by atoms with Crippen LogP contribution in [0.4, 0.5) is 4.39 Å². The smallest absolute Gasteiger partial charge is 0.256 e. The van der Waals surface area contributed by atoms with Crippen LogP contribution in [0.1, 0.15) is 23.2 Å². The quantitative estimate of drug-likeness (QED) is 0.880. The molecule has 2 aliphatic rings. The number of halogens is 1. The number of hydrogen-bond donors (Lipinski definition) is 1. The highest BCUT2D eigenvalue weighted by Crippen LogP contribution is 2.34. The number of fused-ring (bicyclic) bond motifs is 1. The number of likely N-dealkylation sites (tertiary alicyclic amines) is 1. The minimum Gasteiger partial charge on any atom is -0.486 e. The van der Waals surface area contributed by atoms with Crippen LogP contribution in [0.3, 0.4) is 0 Å². The van der Waals surface area contributed by atoms with Crippen molar-refractivity contribution in [2.75, 3.05) is 26.7 Å². The largest absolute Gasteiger partial charge is 0.486 e. The van der Waals surface area contributed by atoms with Gasteiger partial charge in [0, 0.05) is 13.1 Å². The molecular weight excluding hydrogens is 359 g/mol. The van der Waals surface area contributed by atoms with Crippen LogP contribution in [0.5, 0.6) is 11.5 Å². The van der Waals surface area contributed by atoms with E-state index in [1.165, 1.54) is 6.07 Å². The zero-order valence-electron chi connectivity index (χ0n) is 15.9. The molecule has 1 N–H and O–H groups in total. The normalized spacial score (nSPS) is 20.6. The van der Waals surface area contributed by atoms with Crippen LogP contribution in [0.15, 0.2) is 48.5 Å². The third-order valence-corrected chi connectivity index (χ3v) is 5.70. The average Bonchev–Trinajstić information content (AvgIpc) is 2.74. The van der Waals surface area contributed by atoms with Crippen LogP contribution in [-0.2, 0) is 0 Å². The van der Waals surface area contributed by atoms with Gasteiger partial charge in [-0.25, -0.2) is 4.39 Å². The molecule has 4 rings (SSSR count). The van der Waals surface area contributed by atoms with Crippen LogP contribution >= 0.6 is 0 Å². The second-order valence-corrected chi connectivity index (χ2v) is 7.34. The summed E-state index contributed by atoms with van der Waals surface area (Å²) in [6.07, 6.45) is 1.60. The number of carbonyl (C=O) groups is 1. The lowest BCUT2D eigenvalue weighted by atomic mass is 9.86. The molecule has 6 heteroatoms. The number of carbonyl (C=O) groups excluding carboxylic acids is 1. The number of piperidine rings is 1. The Bertz CT molecular complexity index is 836. The number of hydrogen-bond acceptors (Lipinski definition) is 4. The molecule has 2 aromatic rings. The predicted octanol–water partition coefficient (Wildman–Crippen LogP) is 3.11. The van der Waals surface area contributed by atoms with Crippen molar-refractivity contribution in [3.8, 4) is 11.5 Å². The molecule has 0 bridgehead atoms. The lowest BCUT2D eigenvalue weighted by Gasteiger charge is -2.40. The Morgan fingerprint density at radius 3 is 2.50 bits per heavy atom. The number of para-hydroxylation sites is 2.